The molecule has 0 radical (unpaired) electrons. The molecule has 7 heteroatoms. The summed E-state index contributed by atoms with van der Waals surface area (Å²) in [6.45, 7) is 0.597. The van der Waals surface area contributed by atoms with Gasteiger partial charge < -0.3 is 5.32 Å². The molecule has 102 valence electrons. The monoisotopic (exact) mass is 300 g/mol. The van der Waals surface area contributed by atoms with E-state index in [1.165, 1.54) is 24.6 Å². The summed E-state index contributed by atoms with van der Waals surface area (Å²) < 4.78 is 0. The van der Waals surface area contributed by atoms with E-state index in [-0.39, 0.29) is 22.2 Å². The molecule has 1 N–H and O–H groups in total. The van der Waals surface area contributed by atoms with Gasteiger partial charge in [0.2, 0.25) is 0 Å². The number of benzene rings is 1. The van der Waals surface area contributed by atoms with Crippen molar-refractivity contribution in [2.24, 2.45) is 0 Å². The number of amides is 1. The number of hydrogen-bond donors (Lipinski definition) is 1. The topological polar surface area (TPSA) is 72.2 Å². The summed E-state index contributed by atoms with van der Waals surface area (Å²) in [7, 11) is 0. The van der Waals surface area contributed by atoms with Crippen LogP contribution < -0.4 is 5.32 Å². The summed E-state index contributed by atoms with van der Waals surface area (Å²) in [5.41, 5.74) is 0.0173. The van der Waals surface area contributed by atoms with Gasteiger partial charge in [0, 0.05) is 23.4 Å². The average Bonchev–Trinajstić information content (AvgIpc) is 2.89. The van der Waals surface area contributed by atoms with Gasteiger partial charge in [0.15, 0.2) is 0 Å². The predicted molar refractivity (Wildman–Crippen MR) is 75.9 cm³/mol. The van der Waals surface area contributed by atoms with E-state index in [0.717, 1.165) is 12.2 Å². The molecule has 1 aromatic rings. The highest BCUT2D eigenvalue weighted by Crippen LogP contribution is 2.26. The Bertz CT molecular complexity index is 504. The number of nitrogens with one attached hydrogen (secondary N) is 1. The van der Waals surface area contributed by atoms with Crippen molar-refractivity contribution in [2.45, 2.75) is 18.1 Å². The number of carbonyl (C=O) groups is 1. The second-order valence-electron chi connectivity index (χ2n) is 4.27. The van der Waals surface area contributed by atoms with Crippen LogP contribution in [0.5, 0.6) is 0 Å². The van der Waals surface area contributed by atoms with Gasteiger partial charge in [-0.3, -0.25) is 14.9 Å². The molecule has 5 nitrogen and oxygen atoms in total. The van der Waals surface area contributed by atoms with Crippen LogP contribution in [0.25, 0.3) is 0 Å². The van der Waals surface area contributed by atoms with Crippen LogP contribution in [0.3, 0.4) is 0 Å². The van der Waals surface area contributed by atoms with Gasteiger partial charge in [0.05, 0.1) is 4.92 Å². The Hall–Kier alpha value is -1.27. The van der Waals surface area contributed by atoms with E-state index < -0.39 is 4.92 Å². The van der Waals surface area contributed by atoms with Crippen LogP contribution in [0.2, 0.25) is 5.02 Å². The third-order valence-corrected chi connectivity index (χ3v) is 4.64. The highest BCUT2D eigenvalue weighted by atomic mass is 35.5. The molecule has 19 heavy (non-hydrogen) atoms. The van der Waals surface area contributed by atoms with Crippen molar-refractivity contribution in [3.63, 3.8) is 0 Å². The van der Waals surface area contributed by atoms with Crippen LogP contribution >= 0.6 is 23.4 Å². The van der Waals surface area contributed by atoms with Gasteiger partial charge in [-0.15, -0.1) is 0 Å². The zero-order valence-corrected chi connectivity index (χ0v) is 11.7. The summed E-state index contributed by atoms with van der Waals surface area (Å²) >= 11 is 7.55. The van der Waals surface area contributed by atoms with E-state index in [0.29, 0.717) is 11.8 Å². The highest BCUT2D eigenvalue weighted by Gasteiger charge is 2.19. The minimum absolute atomic E-state index is 0.0351. The number of thioether (sulfide) groups is 1. The molecule has 1 aliphatic rings. The Balaban J connectivity index is 2.02. The molecule has 0 aromatic heterocycles. The Kier molecular flexibility index (Phi) is 4.66. The van der Waals surface area contributed by atoms with Gasteiger partial charge in [-0.1, -0.05) is 11.6 Å². The quantitative estimate of drug-likeness (QED) is 0.685. The summed E-state index contributed by atoms with van der Waals surface area (Å²) in [5.74, 6) is 0.833. The highest BCUT2D eigenvalue weighted by molar-refractivity contribution is 8.00. The molecule has 1 aliphatic heterocycles. The van der Waals surface area contributed by atoms with Crippen molar-refractivity contribution in [3.8, 4) is 0 Å². The minimum Gasteiger partial charge on any atom is -0.351 e. The number of halogens is 1. The molecule has 1 unspecified atom stereocenters. The fourth-order valence-electron chi connectivity index (χ4n) is 1.91. The molecule has 1 amide bonds. The Morgan fingerprint density at radius 2 is 2.37 bits per heavy atom. The standard InChI is InChI=1S/C12H13ClN2O3S/c13-10-4-3-8(6-11(10)15(17)18)12(16)14-7-9-2-1-5-19-9/h3-4,6,9H,1-2,5,7H2,(H,14,16). The van der Waals surface area contributed by atoms with E-state index in [1.807, 2.05) is 11.8 Å². The molecular weight excluding hydrogens is 288 g/mol. The predicted octanol–water partition coefficient (Wildman–Crippen LogP) is 2.87. The lowest BCUT2D eigenvalue weighted by Crippen LogP contribution is -2.29. The lowest BCUT2D eigenvalue weighted by Gasteiger charge is -2.10. The SMILES string of the molecule is O=C(NCC1CCCS1)c1ccc(Cl)c([N+](=O)[O-])c1. The number of nitro groups is 1. The molecule has 0 saturated carbocycles. The van der Waals surface area contributed by atoms with Crippen molar-refractivity contribution >= 4 is 35.0 Å². The molecule has 1 heterocycles. The lowest BCUT2D eigenvalue weighted by atomic mass is 10.2. The first-order chi connectivity index (χ1) is 9.08. The van der Waals surface area contributed by atoms with Crippen LogP contribution in [-0.4, -0.2) is 28.4 Å². The van der Waals surface area contributed by atoms with Gasteiger partial charge in [-0.2, -0.15) is 11.8 Å². The molecule has 1 fully saturated rings. The van der Waals surface area contributed by atoms with E-state index >= 15 is 0 Å². The van der Waals surface area contributed by atoms with Crippen molar-refractivity contribution in [2.75, 3.05) is 12.3 Å². The first-order valence-corrected chi connectivity index (χ1v) is 7.34. The van der Waals surface area contributed by atoms with Crippen LogP contribution in [0.1, 0.15) is 23.2 Å². The van der Waals surface area contributed by atoms with E-state index in [2.05, 4.69) is 5.32 Å². The molecule has 0 spiro atoms. The lowest BCUT2D eigenvalue weighted by molar-refractivity contribution is -0.384. The number of hydrogen-bond acceptors (Lipinski definition) is 4. The second-order valence-corrected chi connectivity index (χ2v) is 6.08. The largest absolute Gasteiger partial charge is 0.351 e. The van der Waals surface area contributed by atoms with Crippen molar-refractivity contribution in [1.29, 1.82) is 0 Å². The maximum atomic E-state index is 11.9. The zero-order chi connectivity index (χ0) is 13.8. The van der Waals surface area contributed by atoms with Crippen LogP contribution in [0, 0.1) is 10.1 Å². The number of carbonyl (C=O) groups excluding carboxylic acids is 1. The Morgan fingerprint density at radius 3 is 3.00 bits per heavy atom. The fraction of sp³-hybridized carbons (Fsp3) is 0.417. The Morgan fingerprint density at radius 1 is 1.58 bits per heavy atom. The smallest absolute Gasteiger partial charge is 0.288 e. The normalized spacial score (nSPS) is 18.3. The van der Waals surface area contributed by atoms with Gasteiger partial charge in [0.1, 0.15) is 5.02 Å². The molecular formula is C12H13ClN2O3S. The van der Waals surface area contributed by atoms with Crippen molar-refractivity contribution in [3.05, 3.63) is 38.9 Å². The van der Waals surface area contributed by atoms with Crippen molar-refractivity contribution in [1.82, 2.24) is 5.32 Å². The molecule has 0 aliphatic carbocycles. The molecule has 1 aromatic carbocycles. The minimum atomic E-state index is -0.591. The first-order valence-electron chi connectivity index (χ1n) is 5.91. The summed E-state index contributed by atoms with van der Waals surface area (Å²) in [6.07, 6.45) is 2.28. The summed E-state index contributed by atoms with van der Waals surface area (Å²) in [4.78, 5) is 22.1. The maximum absolute atomic E-state index is 11.9. The summed E-state index contributed by atoms with van der Waals surface area (Å²) in [5, 5.41) is 14.0. The molecule has 1 saturated heterocycles. The summed E-state index contributed by atoms with van der Waals surface area (Å²) in [6, 6.07) is 4.07. The van der Waals surface area contributed by atoms with Gasteiger partial charge >= 0.3 is 0 Å². The third-order valence-electron chi connectivity index (χ3n) is 2.92. The van der Waals surface area contributed by atoms with Gasteiger partial charge in [-0.05, 0) is 30.7 Å². The zero-order valence-electron chi connectivity index (χ0n) is 10.1. The van der Waals surface area contributed by atoms with Crippen LogP contribution in [0.15, 0.2) is 18.2 Å². The molecule has 1 atom stereocenters. The fourth-order valence-corrected chi connectivity index (χ4v) is 3.30. The first kappa shape index (κ1) is 14.1. The number of rotatable bonds is 4. The molecule has 2 rings (SSSR count). The second kappa shape index (κ2) is 6.25. The van der Waals surface area contributed by atoms with Crippen molar-refractivity contribution < 1.29 is 9.72 Å². The third kappa shape index (κ3) is 3.61. The van der Waals surface area contributed by atoms with Gasteiger partial charge in [-0.25, -0.2) is 0 Å². The van der Waals surface area contributed by atoms with E-state index in [4.69, 9.17) is 11.6 Å². The van der Waals surface area contributed by atoms with E-state index in [1.54, 1.807) is 0 Å². The molecule has 0 bridgehead atoms. The number of nitrogens with zero attached hydrogens (tertiary/aromatic N) is 1. The maximum Gasteiger partial charge on any atom is 0.288 e. The van der Waals surface area contributed by atoms with Crippen LogP contribution in [0.4, 0.5) is 5.69 Å². The average molecular weight is 301 g/mol. The Labute approximate surface area is 119 Å². The van der Waals surface area contributed by atoms with Gasteiger partial charge in [0.25, 0.3) is 11.6 Å². The van der Waals surface area contributed by atoms with E-state index in [9.17, 15) is 14.9 Å². The van der Waals surface area contributed by atoms with Crippen LogP contribution in [-0.2, 0) is 0 Å². The number of nitro benzene ring substituents is 1.